The van der Waals surface area contributed by atoms with Gasteiger partial charge in [0.15, 0.2) is 0 Å². The Morgan fingerprint density at radius 2 is 1.94 bits per heavy atom. The molecule has 18 heavy (non-hydrogen) atoms. The van der Waals surface area contributed by atoms with Gasteiger partial charge in [-0.1, -0.05) is 0 Å². The predicted molar refractivity (Wildman–Crippen MR) is 64.0 cm³/mol. The van der Waals surface area contributed by atoms with Gasteiger partial charge in [-0.25, -0.2) is 8.78 Å². The number of aliphatic hydroxyl groups is 1. The zero-order valence-corrected chi connectivity index (χ0v) is 10.1. The van der Waals surface area contributed by atoms with Gasteiger partial charge in [0, 0.05) is 18.2 Å². The number of nitrogens with one attached hydrogen (secondary N) is 1. The molecular formula is C14H17F2NO. The second-order valence-electron chi connectivity index (χ2n) is 5.48. The summed E-state index contributed by atoms with van der Waals surface area (Å²) in [7, 11) is 0. The highest BCUT2D eigenvalue weighted by molar-refractivity contribution is 5.28. The molecule has 0 bridgehead atoms. The predicted octanol–water partition coefficient (Wildman–Crippen LogP) is 2.31. The van der Waals surface area contributed by atoms with Crippen LogP contribution < -0.4 is 5.32 Å². The van der Waals surface area contributed by atoms with E-state index in [9.17, 15) is 13.9 Å². The Morgan fingerprint density at radius 1 is 1.22 bits per heavy atom. The highest BCUT2D eigenvalue weighted by Crippen LogP contribution is 2.46. The molecule has 2 saturated carbocycles. The molecule has 2 nitrogen and oxygen atoms in total. The van der Waals surface area contributed by atoms with Crippen molar-refractivity contribution in [2.45, 2.75) is 37.3 Å². The minimum Gasteiger partial charge on any atom is -0.383 e. The maximum Gasteiger partial charge on any atom is 0.129 e. The highest BCUT2D eigenvalue weighted by Gasteiger charge is 2.47. The molecule has 1 atom stereocenters. The summed E-state index contributed by atoms with van der Waals surface area (Å²) in [6.07, 6.45) is 3.95. The highest BCUT2D eigenvalue weighted by atomic mass is 19.1. The monoisotopic (exact) mass is 253 g/mol. The Bertz CT molecular complexity index is 457. The van der Waals surface area contributed by atoms with Crippen LogP contribution in [0, 0.1) is 17.6 Å². The third kappa shape index (κ3) is 2.27. The van der Waals surface area contributed by atoms with Gasteiger partial charge in [-0.2, -0.15) is 0 Å². The molecule has 4 heteroatoms. The van der Waals surface area contributed by atoms with Gasteiger partial charge in [-0.3, -0.25) is 0 Å². The van der Waals surface area contributed by atoms with Crippen LogP contribution in [-0.4, -0.2) is 17.7 Å². The first-order valence-corrected chi connectivity index (χ1v) is 6.51. The summed E-state index contributed by atoms with van der Waals surface area (Å²) in [5, 5.41) is 14.0. The third-order valence-corrected chi connectivity index (χ3v) is 3.89. The molecule has 2 aliphatic rings. The summed E-state index contributed by atoms with van der Waals surface area (Å²) in [6, 6.07) is 3.74. The van der Waals surface area contributed by atoms with E-state index in [1.54, 1.807) is 0 Å². The molecule has 0 aliphatic heterocycles. The van der Waals surface area contributed by atoms with E-state index < -0.39 is 17.2 Å². The van der Waals surface area contributed by atoms with Crippen LogP contribution in [0.25, 0.3) is 0 Å². The van der Waals surface area contributed by atoms with Crippen LogP contribution in [0.4, 0.5) is 8.78 Å². The second-order valence-corrected chi connectivity index (χ2v) is 5.48. The maximum absolute atomic E-state index is 13.8. The van der Waals surface area contributed by atoms with Gasteiger partial charge in [0.25, 0.3) is 0 Å². The van der Waals surface area contributed by atoms with Crippen molar-refractivity contribution in [3.8, 4) is 0 Å². The summed E-state index contributed by atoms with van der Waals surface area (Å²) < 4.78 is 27.1. The summed E-state index contributed by atoms with van der Waals surface area (Å²) in [5.74, 6) is -0.986. The molecule has 0 saturated heterocycles. The fourth-order valence-electron chi connectivity index (χ4n) is 2.44. The molecule has 0 heterocycles. The van der Waals surface area contributed by atoms with Crippen LogP contribution in [-0.2, 0) is 5.60 Å². The van der Waals surface area contributed by atoms with Gasteiger partial charge in [0.2, 0.25) is 0 Å². The molecule has 0 radical (unpaired) electrons. The second kappa shape index (κ2) is 4.28. The lowest BCUT2D eigenvalue weighted by Crippen LogP contribution is -2.41. The van der Waals surface area contributed by atoms with E-state index in [-0.39, 0.29) is 11.5 Å². The Hall–Kier alpha value is -1.00. The molecule has 0 amide bonds. The summed E-state index contributed by atoms with van der Waals surface area (Å²) >= 11 is 0. The minimum absolute atomic E-state index is 0.0417. The Morgan fingerprint density at radius 3 is 2.56 bits per heavy atom. The summed E-state index contributed by atoms with van der Waals surface area (Å²) in [6.45, 7) is 0.308. The van der Waals surface area contributed by atoms with Crippen molar-refractivity contribution in [2.24, 2.45) is 5.92 Å². The fourth-order valence-corrected chi connectivity index (χ4v) is 2.44. The third-order valence-electron chi connectivity index (χ3n) is 3.89. The topological polar surface area (TPSA) is 32.3 Å². The SMILES string of the molecule is OC(CNC1CC1)(c1cc(F)ccc1F)C1CC1. The average Bonchev–Trinajstić information content (AvgIpc) is 3.20. The van der Waals surface area contributed by atoms with E-state index in [0.29, 0.717) is 12.6 Å². The van der Waals surface area contributed by atoms with Crippen LogP contribution in [0.5, 0.6) is 0 Å². The zero-order chi connectivity index (χ0) is 12.8. The van der Waals surface area contributed by atoms with E-state index in [1.165, 1.54) is 0 Å². The maximum atomic E-state index is 13.8. The van der Waals surface area contributed by atoms with Crippen molar-refractivity contribution in [1.82, 2.24) is 5.32 Å². The first-order valence-electron chi connectivity index (χ1n) is 6.51. The molecule has 1 aromatic carbocycles. The lowest BCUT2D eigenvalue weighted by molar-refractivity contribution is 0.00948. The van der Waals surface area contributed by atoms with E-state index in [1.807, 2.05) is 0 Å². The van der Waals surface area contributed by atoms with Crippen LogP contribution in [0.3, 0.4) is 0 Å². The zero-order valence-electron chi connectivity index (χ0n) is 10.1. The molecule has 3 rings (SSSR count). The van der Waals surface area contributed by atoms with Crippen molar-refractivity contribution in [3.63, 3.8) is 0 Å². The van der Waals surface area contributed by atoms with Gasteiger partial charge in [-0.15, -0.1) is 0 Å². The number of halogens is 2. The molecule has 0 spiro atoms. The number of hydrogen-bond donors (Lipinski definition) is 2. The largest absolute Gasteiger partial charge is 0.383 e. The molecule has 0 aromatic heterocycles. The minimum atomic E-state index is -1.27. The van der Waals surface area contributed by atoms with Gasteiger partial charge in [-0.05, 0) is 49.8 Å². The summed E-state index contributed by atoms with van der Waals surface area (Å²) in [4.78, 5) is 0. The van der Waals surface area contributed by atoms with E-state index in [0.717, 1.165) is 43.9 Å². The Kier molecular flexibility index (Phi) is 2.87. The number of hydrogen-bond acceptors (Lipinski definition) is 2. The van der Waals surface area contributed by atoms with E-state index in [2.05, 4.69) is 5.32 Å². The number of benzene rings is 1. The van der Waals surface area contributed by atoms with Gasteiger partial charge in [0.1, 0.15) is 17.2 Å². The Balaban J connectivity index is 1.88. The molecule has 98 valence electrons. The van der Waals surface area contributed by atoms with Crippen LogP contribution in [0.2, 0.25) is 0 Å². The Labute approximate surface area is 105 Å². The molecule has 2 fully saturated rings. The fraction of sp³-hybridized carbons (Fsp3) is 0.571. The molecular weight excluding hydrogens is 236 g/mol. The lowest BCUT2D eigenvalue weighted by atomic mass is 9.88. The molecule has 2 aliphatic carbocycles. The van der Waals surface area contributed by atoms with Crippen LogP contribution in [0.1, 0.15) is 31.2 Å². The normalized spacial score (nSPS) is 22.8. The summed E-state index contributed by atoms with van der Waals surface area (Å²) in [5.41, 5.74) is -1.17. The van der Waals surface area contributed by atoms with E-state index >= 15 is 0 Å². The smallest absolute Gasteiger partial charge is 0.129 e. The van der Waals surface area contributed by atoms with Gasteiger partial charge >= 0.3 is 0 Å². The van der Waals surface area contributed by atoms with Gasteiger partial charge < -0.3 is 10.4 Å². The first-order chi connectivity index (χ1) is 8.59. The quantitative estimate of drug-likeness (QED) is 0.844. The molecule has 1 unspecified atom stereocenters. The molecule has 1 aromatic rings. The van der Waals surface area contributed by atoms with Crippen LogP contribution in [0.15, 0.2) is 18.2 Å². The number of rotatable bonds is 5. The van der Waals surface area contributed by atoms with Crippen molar-refractivity contribution in [2.75, 3.05) is 6.54 Å². The van der Waals surface area contributed by atoms with Crippen molar-refractivity contribution in [3.05, 3.63) is 35.4 Å². The standard InChI is InChI=1S/C14H17F2NO/c15-10-3-6-13(16)12(7-10)14(18,9-1-2-9)8-17-11-4-5-11/h3,6-7,9,11,17-18H,1-2,4-5,8H2. The van der Waals surface area contributed by atoms with Crippen molar-refractivity contribution >= 4 is 0 Å². The lowest BCUT2D eigenvalue weighted by Gasteiger charge is -2.29. The van der Waals surface area contributed by atoms with Crippen LogP contribution >= 0.6 is 0 Å². The molecule has 2 N–H and O–H groups in total. The average molecular weight is 253 g/mol. The van der Waals surface area contributed by atoms with E-state index in [4.69, 9.17) is 0 Å². The first kappa shape index (κ1) is 12.1. The van der Waals surface area contributed by atoms with Crippen molar-refractivity contribution in [1.29, 1.82) is 0 Å². The van der Waals surface area contributed by atoms with Crippen molar-refractivity contribution < 1.29 is 13.9 Å². The van der Waals surface area contributed by atoms with Gasteiger partial charge in [0.05, 0.1) is 0 Å².